The number of carbonyl (C=O) groups excluding carboxylic acids is 1. The minimum Gasteiger partial charge on any atom is -0.478 e. The lowest BCUT2D eigenvalue weighted by molar-refractivity contribution is -0.130. The predicted octanol–water partition coefficient (Wildman–Crippen LogP) is 1.87. The molecule has 2 aromatic heterocycles. The molecule has 7 heteroatoms. The van der Waals surface area contributed by atoms with Gasteiger partial charge in [-0.05, 0) is 32.3 Å². The van der Waals surface area contributed by atoms with E-state index in [4.69, 9.17) is 4.74 Å². The van der Waals surface area contributed by atoms with Crippen molar-refractivity contribution in [3.63, 3.8) is 0 Å². The van der Waals surface area contributed by atoms with Crippen molar-refractivity contribution in [2.45, 2.75) is 38.6 Å². The standard InChI is InChI=1S/C17H23N5O2/c1-2-24-16-7-3-5-14(19-16)13-17(23)21-10-4-6-15(8-11-21)22-12-9-18-20-22/h3,5,7,9,12,15H,2,4,6,8,10-11,13H2,1H3. The lowest BCUT2D eigenvalue weighted by Gasteiger charge is -2.20. The van der Waals surface area contributed by atoms with Gasteiger partial charge in [-0.15, -0.1) is 5.10 Å². The second kappa shape index (κ2) is 7.90. The molecule has 3 heterocycles. The fraction of sp³-hybridized carbons (Fsp3) is 0.529. The van der Waals surface area contributed by atoms with Gasteiger partial charge in [-0.25, -0.2) is 9.67 Å². The molecule has 7 nitrogen and oxygen atoms in total. The predicted molar refractivity (Wildman–Crippen MR) is 88.6 cm³/mol. The molecule has 0 aromatic carbocycles. The summed E-state index contributed by atoms with van der Waals surface area (Å²) in [6, 6.07) is 5.89. The summed E-state index contributed by atoms with van der Waals surface area (Å²) in [5, 5.41) is 7.96. The van der Waals surface area contributed by atoms with Gasteiger partial charge in [0.25, 0.3) is 0 Å². The van der Waals surface area contributed by atoms with Crippen molar-refractivity contribution in [3.05, 3.63) is 36.3 Å². The average Bonchev–Trinajstić information content (AvgIpc) is 3.00. The Hall–Kier alpha value is -2.44. The summed E-state index contributed by atoms with van der Waals surface area (Å²) in [5.74, 6) is 0.695. The second-order valence-electron chi connectivity index (χ2n) is 5.93. The summed E-state index contributed by atoms with van der Waals surface area (Å²) in [6.07, 6.45) is 6.81. The van der Waals surface area contributed by atoms with Crippen LogP contribution in [0.4, 0.5) is 0 Å². The number of rotatable bonds is 5. The molecule has 0 spiro atoms. The van der Waals surface area contributed by atoms with E-state index in [0.29, 0.717) is 24.9 Å². The highest BCUT2D eigenvalue weighted by Gasteiger charge is 2.22. The summed E-state index contributed by atoms with van der Waals surface area (Å²) in [5.41, 5.74) is 0.753. The van der Waals surface area contributed by atoms with Gasteiger partial charge in [-0.1, -0.05) is 11.3 Å². The quantitative estimate of drug-likeness (QED) is 0.837. The van der Waals surface area contributed by atoms with Crippen molar-refractivity contribution in [2.75, 3.05) is 19.7 Å². The van der Waals surface area contributed by atoms with Gasteiger partial charge in [0.15, 0.2) is 0 Å². The van der Waals surface area contributed by atoms with E-state index in [2.05, 4.69) is 15.3 Å². The van der Waals surface area contributed by atoms with Crippen molar-refractivity contribution >= 4 is 5.91 Å². The van der Waals surface area contributed by atoms with E-state index in [1.807, 2.05) is 40.9 Å². The minimum absolute atomic E-state index is 0.121. The third-order valence-electron chi connectivity index (χ3n) is 4.27. The van der Waals surface area contributed by atoms with Gasteiger partial charge < -0.3 is 9.64 Å². The van der Waals surface area contributed by atoms with Crippen LogP contribution < -0.4 is 4.74 Å². The number of nitrogens with zero attached hydrogens (tertiary/aromatic N) is 5. The minimum atomic E-state index is 0.121. The third kappa shape index (κ3) is 4.10. The number of amides is 1. The molecule has 1 aliphatic heterocycles. The lowest BCUT2D eigenvalue weighted by atomic mass is 10.1. The van der Waals surface area contributed by atoms with Gasteiger partial charge >= 0.3 is 0 Å². The molecule has 128 valence electrons. The first-order valence-corrected chi connectivity index (χ1v) is 8.48. The topological polar surface area (TPSA) is 73.1 Å². The van der Waals surface area contributed by atoms with Crippen LogP contribution in [0.1, 0.15) is 37.9 Å². The van der Waals surface area contributed by atoms with Gasteiger partial charge in [0, 0.05) is 25.4 Å². The van der Waals surface area contributed by atoms with E-state index in [0.717, 1.165) is 38.0 Å². The Balaban J connectivity index is 1.58. The highest BCUT2D eigenvalue weighted by atomic mass is 16.5. The Labute approximate surface area is 141 Å². The van der Waals surface area contributed by atoms with Crippen LogP contribution in [0.3, 0.4) is 0 Å². The normalized spacial score (nSPS) is 18.2. The van der Waals surface area contributed by atoms with Crippen LogP contribution in [0.2, 0.25) is 0 Å². The van der Waals surface area contributed by atoms with Crippen LogP contribution >= 0.6 is 0 Å². The first kappa shape index (κ1) is 16.4. The second-order valence-corrected chi connectivity index (χ2v) is 5.93. The van der Waals surface area contributed by atoms with Gasteiger partial charge in [-0.3, -0.25) is 4.79 Å². The number of ether oxygens (including phenoxy) is 1. The fourth-order valence-corrected chi connectivity index (χ4v) is 3.06. The van der Waals surface area contributed by atoms with Crippen LogP contribution in [-0.4, -0.2) is 50.5 Å². The molecule has 1 saturated heterocycles. The molecule has 0 N–H and O–H groups in total. The molecule has 1 atom stereocenters. The van der Waals surface area contributed by atoms with E-state index < -0.39 is 0 Å². The van der Waals surface area contributed by atoms with Gasteiger partial charge in [0.05, 0.1) is 31.0 Å². The number of aromatic nitrogens is 4. The van der Waals surface area contributed by atoms with E-state index in [9.17, 15) is 4.79 Å². The maximum Gasteiger partial charge on any atom is 0.228 e. The summed E-state index contributed by atoms with van der Waals surface area (Å²) >= 11 is 0. The largest absolute Gasteiger partial charge is 0.478 e. The van der Waals surface area contributed by atoms with Crippen LogP contribution in [0.15, 0.2) is 30.6 Å². The summed E-state index contributed by atoms with van der Waals surface area (Å²) < 4.78 is 7.30. The Morgan fingerprint density at radius 2 is 2.25 bits per heavy atom. The average molecular weight is 329 g/mol. The summed E-state index contributed by atoms with van der Waals surface area (Å²) in [4.78, 5) is 18.9. The van der Waals surface area contributed by atoms with E-state index in [-0.39, 0.29) is 5.91 Å². The first-order valence-electron chi connectivity index (χ1n) is 8.48. The first-order chi connectivity index (χ1) is 11.8. The molecule has 0 aliphatic carbocycles. The molecule has 1 unspecified atom stereocenters. The number of hydrogen-bond donors (Lipinski definition) is 0. The van der Waals surface area contributed by atoms with Crippen molar-refractivity contribution < 1.29 is 9.53 Å². The van der Waals surface area contributed by atoms with Crippen molar-refractivity contribution in [2.24, 2.45) is 0 Å². The van der Waals surface area contributed by atoms with E-state index >= 15 is 0 Å². The number of hydrogen-bond acceptors (Lipinski definition) is 5. The van der Waals surface area contributed by atoms with Gasteiger partial charge in [-0.2, -0.15) is 0 Å². The van der Waals surface area contributed by atoms with Crippen molar-refractivity contribution in [3.8, 4) is 5.88 Å². The zero-order valence-corrected chi connectivity index (χ0v) is 14.0. The zero-order chi connectivity index (χ0) is 16.8. The Morgan fingerprint density at radius 1 is 1.33 bits per heavy atom. The lowest BCUT2D eigenvalue weighted by Crippen LogP contribution is -2.33. The highest BCUT2D eigenvalue weighted by Crippen LogP contribution is 2.22. The Bertz CT molecular complexity index is 659. The fourth-order valence-electron chi connectivity index (χ4n) is 3.06. The summed E-state index contributed by atoms with van der Waals surface area (Å²) in [6.45, 7) is 4.02. The molecule has 3 rings (SSSR count). The Kier molecular flexibility index (Phi) is 5.40. The number of likely N-dealkylation sites (tertiary alicyclic amines) is 1. The molecular formula is C17H23N5O2. The van der Waals surface area contributed by atoms with E-state index in [1.165, 1.54) is 0 Å². The molecule has 0 bridgehead atoms. The highest BCUT2D eigenvalue weighted by molar-refractivity contribution is 5.78. The van der Waals surface area contributed by atoms with Crippen molar-refractivity contribution in [1.82, 2.24) is 24.9 Å². The van der Waals surface area contributed by atoms with Crippen LogP contribution in [0.25, 0.3) is 0 Å². The molecule has 1 fully saturated rings. The van der Waals surface area contributed by atoms with Crippen molar-refractivity contribution in [1.29, 1.82) is 0 Å². The van der Waals surface area contributed by atoms with Gasteiger partial charge in [0.2, 0.25) is 11.8 Å². The molecule has 1 aliphatic rings. The molecule has 0 saturated carbocycles. The summed E-state index contributed by atoms with van der Waals surface area (Å²) in [7, 11) is 0. The maximum atomic E-state index is 12.6. The smallest absolute Gasteiger partial charge is 0.228 e. The van der Waals surface area contributed by atoms with Crippen LogP contribution in [0.5, 0.6) is 5.88 Å². The third-order valence-corrected chi connectivity index (χ3v) is 4.27. The van der Waals surface area contributed by atoms with E-state index in [1.54, 1.807) is 6.20 Å². The SMILES string of the molecule is CCOc1cccc(CC(=O)N2CCCC(n3ccnn3)CC2)n1. The number of pyridine rings is 1. The Morgan fingerprint density at radius 3 is 3.04 bits per heavy atom. The maximum absolute atomic E-state index is 12.6. The monoisotopic (exact) mass is 329 g/mol. The van der Waals surface area contributed by atoms with Crippen LogP contribution in [0, 0.1) is 0 Å². The molecule has 24 heavy (non-hydrogen) atoms. The molecule has 1 amide bonds. The number of carbonyl (C=O) groups is 1. The molecule has 0 radical (unpaired) electrons. The van der Waals surface area contributed by atoms with Crippen LogP contribution in [-0.2, 0) is 11.2 Å². The molecular weight excluding hydrogens is 306 g/mol. The van der Waals surface area contributed by atoms with Gasteiger partial charge in [0.1, 0.15) is 0 Å². The zero-order valence-electron chi connectivity index (χ0n) is 14.0. The molecule has 2 aromatic rings.